The highest BCUT2D eigenvalue weighted by Gasteiger charge is 2.29. The number of hydrogen-bond acceptors (Lipinski definition) is 3. The molecule has 1 N–H and O–H groups in total. The molecule has 1 fully saturated rings. The third kappa shape index (κ3) is 3.56. The molecule has 0 saturated heterocycles. The number of ether oxygens (including phenoxy) is 1. The Labute approximate surface area is 126 Å². The minimum atomic E-state index is -0.406. The van der Waals surface area contributed by atoms with Gasteiger partial charge in [0.25, 0.3) is 5.91 Å². The predicted molar refractivity (Wildman–Crippen MR) is 82.7 cm³/mol. The molecular weight excluding hydrogens is 266 g/mol. The fourth-order valence-electron chi connectivity index (χ4n) is 3.00. The van der Waals surface area contributed by atoms with Crippen LogP contribution in [0.2, 0.25) is 0 Å². The number of carbonyl (C=O) groups excluding carboxylic acids is 1. The van der Waals surface area contributed by atoms with E-state index >= 15 is 0 Å². The summed E-state index contributed by atoms with van der Waals surface area (Å²) in [6.07, 6.45) is 3.37. The van der Waals surface area contributed by atoms with Crippen LogP contribution in [0, 0.1) is 6.92 Å². The molecule has 1 aliphatic carbocycles. The quantitative estimate of drug-likeness (QED) is 0.928. The molecule has 2 rings (SSSR count). The maximum atomic E-state index is 12.6. The Morgan fingerprint density at radius 3 is 2.71 bits per heavy atom. The highest BCUT2D eigenvalue weighted by molar-refractivity contribution is 5.94. The van der Waals surface area contributed by atoms with E-state index in [9.17, 15) is 9.90 Å². The Kier molecular flexibility index (Phi) is 5.23. The molecule has 1 aliphatic rings. The van der Waals surface area contributed by atoms with E-state index in [2.05, 4.69) is 0 Å². The van der Waals surface area contributed by atoms with E-state index < -0.39 is 6.10 Å². The number of nitrogens with zero attached hydrogens (tertiary/aromatic N) is 1. The molecule has 116 valence electrons. The first-order valence-corrected chi connectivity index (χ1v) is 7.73. The molecule has 4 nitrogen and oxygen atoms in total. The van der Waals surface area contributed by atoms with Crippen LogP contribution in [0.3, 0.4) is 0 Å². The maximum absolute atomic E-state index is 12.6. The van der Waals surface area contributed by atoms with Gasteiger partial charge in [0, 0.05) is 12.6 Å². The number of aliphatic hydroxyl groups excluding tert-OH is 1. The molecule has 1 aromatic rings. The zero-order valence-electron chi connectivity index (χ0n) is 13.1. The number of aryl methyl sites for hydroxylation is 1. The number of carbonyl (C=O) groups is 1. The summed E-state index contributed by atoms with van der Waals surface area (Å²) in [5.74, 6) is 0.779. The van der Waals surface area contributed by atoms with Crippen LogP contribution in [0.15, 0.2) is 18.2 Å². The lowest BCUT2D eigenvalue weighted by Crippen LogP contribution is -2.46. The van der Waals surface area contributed by atoms with Crippen molar-refractivity contribution in [2.24, 2.45) is 0 Å². The SMILES string of the molecule is CCOc1ccc(C(=O)N(C)[C@H]2CCCC[C@@H]2O)cc1C. The van der Waals surface area contributed by atoms with Crippen molar-refractivity contribution in [1.29, 1.82) is 0 Å². The van der Waals surface area contributed by atoms with Gasteiger partial charge in [-0.1, -0.05) is 12.8 Å². The van der Waals surface area contributed by atoms with E-state index in [1.54, 1.807) is 18.0 Å². The number of hydrogen-bond donors (Lipinski definition) is 1. The van der Waals surface area contributed by atoms with Crippen molar-refractivity contribution in [2.75, 3.05) is 13.7 Å². The predicted octanol–water partition coefficient (Wildman–Crippen LogP) is 2.77. The van der Waals surface area contributed by atoms with Gasteiger partial charge in [-0.25, -0.2) is 0 Å². The lowest BCUT2D eigenvalue weighted by molar-refractivity contribution is 0.0268. The van der Waals surface area contributed by atoms with Crippen molar-refractivity contribution in [3.05, 3.63) is 29.3 Å². The molecule has 0 radical (unpaired) electrons. The molecule has 0 heterocycles. The monoisotopic (exact) mass is 291 g/mol. The summed E-state index contributed by atoms with van der Waals surface area (Å²) in [5, 5.41) is 10.1. The van der Waals surface area contributed by atoms with Gasteiger partial charge in [-0.05, 0) is 50.5 Å². The molecule has 21 heavy (non-hydrogen) atoms. The Bertz CT molecular complexity index is 501. The number of amides is 1. The summed E-state index contributed by atoms with van der Waals surface area (Å²) < 4.78 is 5.50. The molecule has 0 unspecified atom stereocenters. The largest absolute Gasteiger partial charge is 0.494 e. The van der Waals surface area contributed by atoms with Gasteiger partial charge in [0.1, 0.15) is 5.75 Å². The summed E-state index contributed by atoms with van der Waals surface area (Å²) in [6.45, 7) is 4.50. The van der Waals surface area contributed by atoms with Gasteiger partial charge in [0.2, 0.25) is 0 Å². The fourth-order valence-corrected chi connectivity index (χ4v) is 3.00. The second kappa shape index (κ2) is 6.94. The lowest BCUT2D eigenvalue weighted by atomic mass is 9.91. The van der Waals surface area contributed by atoms with Crippen molar-refractivity contribution in [1.82, 2.24) is 4.90 Å². The van der Waals surface area contributed by atoms with Crippen molar-refractivity contribution in [3.63, 3.8) is 0 Å². The van der Waals surface area contributed by atoms with Gasteiger partial charge in [0.15, 0.2) is 0 Å². The number of rotatable bonds is 4. The van der Waals surface area contributed by atoms with Crippen LogP contribution in [-0.2, 0) is 0 Å². The van der Waals surface area contributed by atoms with Gasteiger partial charge in [-0.2, -0.15) is 0 Å². The first-order valence-electron chi connectivity index (χ1n) is 7.73. The maximum Gasteiger partial charge on any atom is 0.253 e. The van der Waals surface area contributed by atoms with Crippen LogP contribution in [-0.4, -0.2) is 41.7 Å². The molecule has 0 aliphatic heterocycles. The van der Waals surface area contributed by atoms with Crippen LogP contribution in [0.4, 0.5) is 0 Å². The number of benzene rings is 1. The van der Waals surface area contributed by atoms with Gasteiger partial charge in [0.05, 0.1) is 18.8 Å². The van der Waals surface area contributed by atoms with E-state index in [-0.39, 0.29) is 11.9 Å². The van der Waals surface area contributed by atoms with Crippen LogP contribution in [0.1, 0.15) is 48.5 Å². The van der Waals surface area contributed by atoms with Crippen molar-refractivity contribution < 1.29 is 14.6 Å². The van der Waals surface area contributed by atoms with Crippen molar-refractivity contribution in [3.8, 4) is 5.75 Å². The molecule has 2 atom stereocenters. The van der Waals surface area contributed by atoms with Crippen LogP contribution < -0.4 is 4.74 Å². The van der Waals surface area contributed by atoms with E-state index in [1.807, 2.05) is 26.0 Å². The summed E-state index contributed by atoms with van der Waals surface area (Å²) >= 11 is 0. The van der Waals surface area contributed by atoms with Gasteiger partial charge in [-0.15, -0.1) is 0 Å². The lowest BCUT2D eigenvalue weighted by Gasteiger charge is -2.35. The molecule has 0 bridgehead atoms. The van der Waals surface area contributed by atoms with Crippen molar-refractivity contribution >= 4 is 5.91 Å². The molecule has 4 heteroatoms. The topological polar surface area (TPSA) is 49.8 Å². The highest BCUT2D eigenvalue weighted by Crippen LogP contribution is 2.25. The standard InChI is InChI=1S/C17H25NO3/c1-4-21-16-10-9-13(11-12(16)2)17(20)18(3)14-7-5-6-8-15(14)19/h9-11,14-15,19H,4-8H2,1-3H3/t14-,15-/m0/s1. The third-order valence-electron chi connectivity index (χ3n) is 4.23. The van der Waals surface area contributed by atoms with Crippen molar-refractivity contribution in [2.45, 2.75) is 51.7 Å². The van der Waals surface area contributed by atoms with Gasteiger partial charge >= 0.3 is 0 Å². The van der Waals surface area contributed by atoms with E-state index in [4.69, 9.17) is 4.74 Å². The first kappa shape index (κ1) is 15.8. The molecule has 0 aromatic heterocycles. The minimum absolute atomic E-state index is 0.0351. The summed E-state index contributed by atoms with van der Waals surface area (Å²) in [6, 6.07) is 5.43. The van der Waals surface area contributed by atoms with Crippen LogP contribution >= 0.6 is 0 Å². The van der Waals surface area contributed by atoms with E-state index in [1.165, 1.54) is 0 Å². The normalized spacial score (nSPS) is 21.9. The third-order valence-corrected chi connectivity index (χ3v) is 4.23. The minimum Gasteiger partial charge on any atom is -0.494 e. The summed E-state index contributed by atoms with van der Waals surface area (Å²) in [4.78, 5) is 14.3. The number of likely N-dealkylation sites (N-methyl/N-ethyl adjacent to an activating group) is 1. The summed E-state index contributed by atoms with van der Waals surface area (Å²) in [5.41, 5.74) is 1.61. The van der Waals surface area contributed by atoms with E-state index in [0.29, 0.717) is 12.2 Å². The Balaban J connectivity index is 2.13. The Hall–Kier alpha value is -1.55. The number of aliphatic hydroxyl groups is 1. The van der Waals surface area contributed by atoms with Gasteiger partial charge < -0.3 is 14.7 Å². The zero-order chi connectivity index (χ0) is 15.4. The second-order valence-electron chi connectivity index (χ2n) is 5.75. The smallest absolute Gasteiger partial charge is 0.253 e. The molecule has 1 amide bonds. The highest BCUT2D eigenvalue weighted by atomic mass is 16.5. The molecule has 1 aromatic carbocycles. The molecule has 0 spiro atoms. The average molecular weight is 291 g/mol. The first-order chi connectivity index (χ1) is 10.0. The average Bonchev–Trinajstić information content (AvgIpc) is 2.48. The second-order valence-corrected chi connectivity index (χ2v) is 5.75. The van der Waals surface area contributed by atoms with Gasteiger partial charge in [-0.3, -0.25) is 4.79 Å². The van der Waals surface area contributed by atoms with Crippen LogP contribution in [0.5, 0.6) is 5.75 Å². The molecule has 1 saturated carbocycles. The Morgan fingerprint density at radius 1 is 1.38 bits per heavy atom. The summed E-state index contributed by atoms with van der Waals surface area (Å²) in [7, 11) is 1.79. The molecular formula is C17H25NO3. The zero-order valence-corrected chi connectivity index (χ0v) is 13.1. The van der Waals surface area contributed by atoms with E-state index in [0.717, 1.165) is 37.0 Å². The van der Waals surface area contributed by atoms with Crippen LogP contribution in [0.25, 0.3) is 0 Å². The Morgan fingerprint density at radius 2 is 2.10 bits per heavy atom. The fraction of sp³-hybridized carbons (Fsp3) is 0.588.